The minimum atomic E-state index is 0.708. The maximum absolute atomic E-state index is 4.75. The maximum Gasteiger partial charge on any atom is 0.125 e. The molecule has 0 bridgehead atoms. The number of hydrogen-bond acceptors (Lipinski definition) is 3. The van der Waals surface area contributed by atoms with Gasteiger partial charge in [-0.2, -0.15) is 0 Å². The minimum absolute atomic E-state index is 0.708. The van der Waals surface area contributed by atoms with Gasteiger partial charge >= 0.3 is 0 Å². The molecule has 2 heterocycles. The van der Waals surface area contributed by atoms with E-state index in [1.54, 1.807) is 0 Å². The van der Waals surface area contributed by atoms with Crippen LogP contribution in [0.25, 0.3) is 0 Å². The van der Waals surface area contributed by atoms with Gasteiger partial charge in [-0.25, -0.2) is 9.97 Å². The van der Waals surface area contributed by atoms with Gasteiger partial charge in [-0.15, -0.1) is 0 Å². The normalized spacial score (nSPS) is 18.7. The predicted molar refractivity (Wildman–Crippen MR) is 99.0 cm³/mol. The fraction of sp³-hybridized carbons (Fsp3) is 0.524. The second-order valence-corrected chi connectivity index (χ2v) is 7.08. The van der Waals surface area contributed by atoms with Crippen molar-refractivity contribution in [2.24, 2.45) is 5.92 Å². The third-order valence-corrected chi connectivity index (χ3v) is 5.13. The van der Waals surface area contributed by atoms with E-state index in [1.165, 1.54) is 48.4 Å². The molecule has 128 valence electrons. The zero-order valence-corrected chi connectivity index (χ0v) is 15.3. The van der Waals surface area contributed by atoms with Crippen molar-refractivity contribution in [3.8, 4) is 0 Å². The van der Waals surface area contributed by atoms with Gasteiger partial charge in [0.15, 0.2) is 0 Å². The Hall–Kier alpha value is -1.74. The lowest BCUT2D eigenvalue weighted by molar-refractivity contribution is 0.166. The van der Waals surface area contributed by atoms with E-state index in [0.29, 0.717) is 5.92 Å². The molecule has 3 rings (SSSR count). The highest BCUT2D eigenvalue weighted by molar-refractivity contribution is 5.25. The molecule has 0 spiro atoms. The van der Waals surface area contributed by atoms with Gasteiger partial charge in [-0.3, -0.25) is 4.90 Å². The molecule has 0 amide bonds. The Kier molecular flexibility index (Phi) is 5.62. The zero-order valence-electron chi connectivity index (χ0n) is 15.3. The van der Waals surface area contributed by atoms with Crippen LogP contribution < -0.4 is 0 Å². The van der Waals surface area contributed by atoms with Gasteiger partial charge in [0.2, 0.25) is 0 Å². The Bertz CT molecular complexity index is 666. The third kappa shape index (κ3) is 4.21. The molecule has 1 aliphatic rings. The summed E-state index contributed by atoms with van der Waals surface area (Å²) in [7, 11) is 0. The molecule has 0 radical (unpaired) electrons. The van der Waals surface area contributed by atoms with E-state index in [-0.39, 0.29) is 0 Å². The van der Waals surface area contributed by atoms with Gasteiger partial charge in [0.1, 0.15) is 5.82 Å². The number of hydrogen-bond donors (Lipinski definition) is 0. The lowest BCUT2D eigenvalue weighted by Crippen LogP contribution is -2.36. The Morgan fingerprint density at radius 2 is 1.83 bits per heavy atom. The summed E-state index contributed by atoms with van der Waals surface area (Å²) in [5.74, 6) is 1.63. The molecule has 0 N–H and O–H groups in total. The van der Waals surface area contributed by atoms with E-state index in [4.69, 9.17) is 4.98 Å². The van der Waals surface area contributed by atoms with Crippen LogP contribution in [0.5, 0.6) is 0 Å². The second kappa shape index (κ2) is 7.89. The Balaban J connectivity index is 1.66. The largest absolute Gasteiger partial charge is 0.299 e. The smallest absolute Gasteiger partial charge is 0.125 e. The molecule has 1 atom stereocenters. The van der Waals surface area contributed by atoms with Crippen LogP contribution in [0, 0.1) is 19.8 Å². The number of nitrogens with zero attached hydrogens (tertiary/aromatic N) is 3. The van der Waals surface area contributed by atoms with Crippen LogP contribution in [0.15, 0.2) is 30.3 Å². The monoisotopic (exact) mass is 323 g/mol. The first-order valence-corrected chi connectivity index (χ1v) is 9.25. The molecule has 0 aliphatic carbocycles. The average Bonchev–Trinajstić information content (AvgIpc) is 2.59. The van der Waals surface area contributed by atoms with Gasteiger partial charge in [0.25, 0.3) is 0 Å². The quantitative estimate of drug-likeness (QED) is 0.829. The first-order chi connectivity index (χ1) is 11.7. The molecule has 1 aromatic carbocycles. The predicted octanol–water partition coefficient (Wildman–Crippen LogP) is 4.11. The number of aryl methyl sites for hydroxylation is 2. The second-order valence-electron chi connectivity index (χ2n) is 7.08. The zero-order chi connectivity index (χ0) is 16.9. The van der Waals surface area contributed by atoms with E-state index >= 15 is 0 Å². The summed E-state index contributed by atoms with van der Waals surface area (Å²) < 4.78 is 0. The molecule has 1 unspecified atom stereocenters. The van der Waals surface area contributed by atoms with Gasteiger partial charge < -0.3 is 0 Å². The minimum Gasteiger partial charge on any atom is -0.299 e. The van der Waals surface area contributed by atoms with Crippen molar-refractivity contribution in [2.45, 2.75) is 53.0 Å². The Labute approximate surface area is 146 Å². The van der Waals surface area contributed by atoms with Gasteiger partial charge in [-0.05, 0) is 63.1 Å². The van der Waals surface area contributed by atoms with Crippen LogP contribution in [0.4, 0.5) is 0 Å². The van der Waals surface area contributed by atoms with E-state index in [9.17, 15) is 0 Å². The van der Waals surface area contributed by atoms with Crippen molar-refractivity contribution in [3.05, 3.63) is 58.7 Å². The lowest BCUT2D eigenvalue weighted by atomic mass is 9.91. The van der Waals surface area contributed by atoms with Gasteiger partial charge in [0, 0.05) is 24.5 Å². The number of likely N-dealkylation sites (tertiary alicyclic amines) is 1. The third-order valence-electron chi connectivity index (χ3n) is 5.13. The number of benzene rings is 1. The van der Waals surface area contributed by atoms with E-state index in [0.717, 1.165) is 25.2 Å². The molecular weight excluding hydrogens is 294 g/mol. The Morgan fingerprint density at radius 3 is 2.58 bits per heavy atom. The first kappa shape index (κ1) is 17.1. The topological polar surface area (TPSA) is 29.0 Å². The van der Waals surface area contributed by atoms with Gasteiger partial charge in [-0.1, -0.05) is 37.3 Å². The summed E-state index contributed by atoms with van der Waals surface area (Å²) in [5.41, 5.74) is 5.21. The summed E-state index contributed by atoms with van der Waals surface area (Å²) in [5, 5.41) is 0. The molecule has 3 heteroatoms. The van der Waals surface area contributed by atoms with Crippen LogP contribution in [0.1, 0.15) is 48.1 Å². The summed E-state index contributed by atoms with van der Waals surface area (Å²) in [6.07, 6.45) is 4.69. The van der Waals surface area contributed by atoms with E-state index in [1.807, 2.05) is 6.92 Å². The van der Waals surface area contributed by atoms with E-state index < -0.39 is 0 Å². The van der Waals surface area contributed by atoms with Crippen molar-refractivity contribution in [1.82, 2.24) is 14.9 Å². The molecule has 1 aliphatic heterocycles. The number of rotatable bonds is 5. The van der Waals surface area contributed by atoms with Crippen LogP contribution in [-0.2, 0) is 19.4 Å². The highest BCUT2D eigenvalue weighted by atomic mass is 15.1. The highest BCUT2D eigenvalue weighted by Crippen LogP contribution is 2.23. The maximum atomic E-state index is 4.75. The summed E-state index contributed by atoms with van der Waals surface area (Å²) in [6.45, 7) is 9.86. The molecule has 1 aromatic heterocycles. The van der Waals surface area contributed by atoms with Crippen LogP contribution in [-0.4, -0.2) is 28.0 Å². The fourth-order valence-corrected chi connectivity index (χ4v) is 3.87. The Morgan fingerprint density at radius 1 is 1.08 bits per heavy atom. The van der Waals surface area contributed by atoms with Gasteiger partial charge in [0.05, 0.1) is 0 Å². The molecule has 0 saturated carbocycles. The van der Waals surface area contributed by atoms with Crippen molar-refractivity contribution in [3.63, 3.8) is 0 Å². The molecule has 2 aromatic rings. The number of aromatic nitrogens is 2. The highest BCUT2D eigenvalue weighted by Gasteiger charge is 2.22. The van der Waals surface area contributed by atoms with Crippen LogP contribution >= 0.6 is 0 Å². The van der Waals surface area contributed by atoms with Crippen LogP contribution in [0.2, 0.25) is 0 Å². The molecule has 1 saturated heterocycles. The average molecular weight is 323 g/mol. The molecule has 3 nitrogen and oxygen atoms in total. The van der Waals surface area contributed by atoms with Crippen molar-refractivity contribution >= 4 is 0 Å². The summed E-state index contributed by atoms with van der Waals surface area (Å²) in [6, 6.07) is 10.8. The fourth-order valence-electron chi connectivity index (χ4n) is 3.87. The lowest BCUT2D eigenvalue weighted by Gasteiger charge is -2.33. The SMILES string of the molecule is CCc1nc(C)nc(CC2CCCN(Cc3ccccc3)C2)c1C. The van der Waals surface area contributed by atoms with Crippen molar-refractivity contribution in [1.29, 1.82) is 0 Å². The first-order valence-electron chi connectivity index (χ1n) is 9.25. The number of piperidine rings is 1. The standard InChI is InChI=1S/C21H29N3/c1-4-20-16(2)21(23-17(3)22-20)13-19-11-8-12-24(15-19)14-18-9-6-5-7-10-18/h5-7,9-10,19H,4,8,11-15H2,1-3H3. The van der Waals surface area contributed by atoms with Crippen molar-refractivity contribution < 1.29 is 0 Å². The van der Waals surface area contributed by atoms with Crippen molar-refractivity contribution in [2.75, 3.05) is 13.1 Å². The van der Waals surface area contributed by atoms with E-state index in [2.05, 4.69) is 54.1 Å². The molecule has 24 heavy (non-hydrogen) atoms. The summed E-state index contributed by atoms with van der Waals surface area (Å²) >= 11 is 0. The van der Waals surface area contributed by atoms with Crippen LogP contribution in [0.3, 0.4) is 0 Å². The molecule has 1 fully saturated rings. The summed E-state index contributed by atoms with van der Waals surface area (Å²) in [4.78, 5) is 12.0. The molecular formula is C21H29N3.